The van der Waals surface area contributed by atoms with E-state index in [2.05, 4.69) is 21.2 Å². The van der Waals surface area contributed by atoms with Crippen LogP contribution in [0.1, 0.15) is 5.56 Å². The summed E-state index contributed by atoms with van der Waals surface area (Å²) in [6.45, 7) is -0.839. The molecule has 0 saturated carbocycles. The summed E-state index contributed by atoms with van der Waals surface area (Å²) in [4.78, 5) is 34.1. The minimum Gasteiger partial charge on any atom is -0.480 e. The highest BCUT2D eigenvalue weighted by Gasteiger charge is 2.18. The van der Waals surface area contributed by atoms with E-state index in [4.69, 9.17) is 10.8 Å². The number of hydrogen-bond acceptors (Lipinski definition) is 3. The summed E-state index contributed by atoms with van der Waals surface area (Å²) in [5.74, 6) is -2.00. The number of rotatable bonds is 6. The van der Waals surface area contributed by atoms with Gasteiger partial charge in [-0.2, -0.15) is 0 Å². The molecule has 1 aromatic carbocycles. The Morgan fingerprint density at radius 1 is 1.25 bits per heavy atom. The van der Waals surface area contributed by atoms with Crippen molar-refractivity contribution in [3.63, 3.8) is 0 Å². The van der Waals surface area contributed by atoms with Crippen LogP contribution in [0.4, 0.5) is 4.79 Å². The van der Waals surface area contributed by atoms with Crippen LogP contribution in [0.5, 0.6) is 0 Å². The summed E-state index contributed by atoms with van der Waals surface area (Å²) < 4.78 is 0.819. The number of nitrogens with two attached hydrogens (primary N) is 1. The number of urea groups is 1. The van der Waals surface area contributed by atoms with Gasteiger partial charge in [0, 0.05) is 11.0 Å². The summed E-state index contributed by atoms with van der Waals surface area (Å²) in [7, 11) is 0. The van der Waals surface area contributed by atoms with Gasteiger partial charge in [0.2, 0.25) is 5.91 Å². The van der Waals surface area contributed by atoms with Crippen molar-refractivity contribution >= 4 is 33.8 Å². The predicted octanol–water partition coefficient (Wildman–Crippen LogP) is 0.531. The molecule has 0 bridgehead atoms. The van der Waals surface area contributed by atoms with Gasteiger partial charge < -0.3 is 21.1 Å². The van der Waals surface area contributed by atoms with E-state index in [9.17, 15) is 14.4 Å². The first-order valence-electron chi connectivity index (χ1n) is 5.66. The van der Waals surface area contributed by atoms with E-state index < -0.39 is 31.0 Å². The number of carboxylic acid groups (broad SMARTS) is 1. The molecule has 0 heterocycles. The van der Waals surface area contributed by atoms with Gasteiger partial charge in [-0.25, -0.2) is 4.79 Å². The number of aliphatic carboxylic acids is 1. The number of halogens is 1. The third kappa shape index (κ3) is 5.27. The Balaban J connectivity index is 2.64. The van der Waals surface area contributed by atoms with E-state index in [-0.39, 0.29) is 6.54 Å². The molecule has 7 nitrogen and oxygen atoms in total. The number of carboxylic acids is 1. The van der Waals surface area contributed by atoms with Gasteiger partial charge in [0.05, 0.1) is 0 Å². The molecule has 0 aliphatic rings. The number of carbonyl (C=O) groups excluding carboxylic acids is 2. The van der Waals surface area contributed by atoms with Gasteiger partial charge in [0.15, 0.2) is 0 Å². The Hall–Kier alpha value is -2.09. The fraction of sp³-hybridized carbons (Fsp3) is 0.250. The van der Waals surface area contributed by atoms with Crippen LogP contribution < -0.4 is 11.1 Å². The topological polar surface area (TPSA) is 113 Å². The van der Waals surface area contributed by atoms with Crippen LogP contribution in [0.2, 0.25) is 0 Å². The standard InChI is InChI=1S/C12H14BrN3O4/c13-9-4-2-1-3-8(9)5-15-12(20)16(6-10(14)17)7-11(18)19/h1-4H,5-7H2,(H2,14,17)(H,15,20)(H,18,19). The SMILES string of the molecule is NC(=O)CN(CC(=O)O)C(=O)NCc1ccccc1Br. The molecule has 0 unspecified atom stereocenters. The third-order valence-corrected chi connectivity index (χ3v) is 3.12. The summed E-state index contributed by atoms with van der Waals surface area (Å²) in [6, 6.07) is 6.60. The molecule has 1 rings (SSSR count). The first-order chi connectivity index (χ1) is 9.40. The molecule has 8 heteroatoms. The number of carbonyl (C=O) groups is 3. The van der Waals surface area contributed by atoms with Gasteiger partial charge >= 0.3 is 12.0 Å². The smallest absolute Gasteiger partial charge is 0.323 e. The highest BCUT2D eigenvalue weighted by atomic mass is 79.9. The molecule has 0 saturated heterocycles. The van der Waals surface area contributed by atoms with Crippen LogP contribution in [0.15, 0.2) is 28.7 Å². The normalized spacial score (nSPS) is 9.85. The van der Waals surface area contributed by atoms with Crippen molar-refractivity contribution in [2.24, 2.45) is 5.73 Å². The number of nitrogens with one attached hydrogen (secondary N) is 1. The number of amides is 3. The van der Waals surface area contributed by atoms with Crippen molar-refractivity contribution in [1.82, 2.24) is 10.2 Å². The van der Waals surface area contributed by atoms with E-state index in [1.54, 1.807) is 6.07 Å². The zero-order chi connectivity index (χ0) is 15.1. The summed E-state index contributed by atoms with van der Waals surface area (Å²) >= 11 is 3.33. The average molecular weight is 344 g/mol. The number of nitrogens with zero attached hydrogens (tertiary/aromatic N) is 1. The van der Waals surface area contributed by atoms with Crippen LogP contribution in [-0.4, -0.2) is 41.0 Å². The molecule has 0 radical (unpaired) electrons. The van der Waals surface area contributed by atoms with E-state index in [0.717, 1.165) is 14.9 Å². The minimum atomic E-state index is -1.22. The van der Waals surface area contributed by atoms with E-state index >= 15 is 0 Å². The maximum Gasteiger partial charge on any atom is 0.323 e. The fourth-order valence-corrected chi connectivity index (χ4v) is 1.90. The second kappa shape index (κ2) is 7.49. The Kier molecular flexibility index (Phi) is 5.98. The lowest BCUT2D eigenvalue weighted by Crippen LogP contribution is -2.46. The molecule has 1 aromatic rings. The van der Waals surface area contributed by atoms with Gasteiger partial charge in [-0.15, -0.1) is 0 Å². The first-order valence-corrected chi connectivity index (χ1v) is 6.45. The van der Waals surface area contributed by atoms with Crippen LogP contribution in [-0.2, 0) is 16.1 Å². The van der Waals surface area contributed by atoms with Gasteiger partial charge in [-0.3, -0.25) is 9.59 Å². The Labute approximate surface area is 123 Å². The molecule has 0 spiro atoms. The Morgan fingerprint density at radius 3 is 2.45 bits per heavy atom. The van der Waals surface area contributed by atoms with Gasteiger partial charge in [-0.05, 0) is 11.6 Å². The summed E-state index contributed by atoms with van der Waals surface area (Å²) in [6.07, 6.45) is 0. The molecule has 3 amide bonds. The van der Waals surface area contributed by atoms with Crippen molar-refractivity contribution < 1.29 is 19.5 Å². The van der Waals surface area contributed by atoms with E-state index in [1.165, 1.54) is 0 Å². The molecular weight excluding hydrogens is 330 g/mol. The molecule has 20 heavy (non-hydrogen) atoms. The van der Waals surface area contributed by atoms with Crippen molar-refractivity contribution in [3.8, 4) is 0 Å². The molecule has 0 atom stereocenters. The lowest BCUT2D eigenvalue weighted by molar-refractivity contribution is -0.137. The zero-order valence-corrected chi connectivity index (χ0v) is 12.1. The Morgan fingerprint density at radius 2 is 1.90 bits per heavy atom. The molecule has 108 valence electrons. The lowest BCUT2D eigenvalue weighted by Gasteiger charge is -2.19. The van der Waals surface area contributed by atoms with Gasteiger partial charge in [0.1, 0.15) is 13.1 Å². The Bertz CT molecular complexity index is 505. The van der Waals surface area contributed by atoms with Crippen LogP contribution in [0, 0.1) is 0 Å². The number of hydrogen-bond donors (Lipinski definition) is 3. The second-order valence-corrected chi connectivity index (χ2v) is 4.82. The summed E-state index contributed by atoms with van der Waals surface area (Å²) in [5.41, 5.74) is 5.81. The molecular formula is C12H14BrN3O4. The molecule has 4 N–H and O–H groups in total. The number of benzene rings is 1. The van der Waals surface area contributed by atoms with Crippen molar-refractivity contribution in [3.05, 3.63) is 34.3 Å². The van der Waals surface area contributed by atoms with Crippen LogP contribution in [0.3, 0.4) is 0 Å². The van der Waals surface area contributed by atoms with Crippen LogP contribution in [0.25, 0.3) is 0 Å². The van der Waals surface area contributed by atoms with E-state index in [1.807, 2.05) is 18.2 Å². The average Bonchev–Trinajstić information content (AvgIpc) is 2.35. The number of primary amides is 1. The molecule has 0 aliphatic heterocycles. The van der Waals surface area contributed by atoms with Crippen molar-refractivity contribution in [2.75, 3.05) is 13.1 Å². The van der Waals surface area contributed by atoms with Gasteiger partial charge in [0.25, 0.3) is 0 Å². The third-order valence-electron chi connectivity index (χ3n) is 2.35. The fourth-order valence-electron chi connectivity index (χ4n) is 1.48. The summed E-state index contributed by atoms with van der Waals surface area (Å²) in [5, 5.41) is 11.2. The van der Waals surface area contributed by atoms with Crippen LogP contribution >= 0.6 is 15.9 Å². The maximum atomic E-state index is 11.8. The first kappa shape index (κ1) is 16.0. The monoisotopic (exact) mass is 343 g/mol. The van der Waals surface area contributed by atoms with Crippen molar-refractivity contribution in [2.45, 2.75) is 6.54 Å². The van der Waals surface area contributed by atoms with Gasteiger partial charge in [-0.1, -0.05) is 34.1 Å². The van der Waals surface area contributed by atoms with Crippen molar-refractivity contribution in [1.29, 1.82) is 0 Å². The molecule has 0 aliphatic carbocycles. The second-order valence-electron chi connectivity index (χ2n) is 3.97. The zero-order valence-electron chi connectivity index (χ0n) is 10.5. The quantitative estimate of drug-likeness (QED) is 0.699. The largest absolute Gasteiger partial charge is 0.480 e. The van der Waals surface area contributed by atoms with E-state index in [0.29, 0.717) is 0 Å². The predicted molar refractivity (Wildman–Crippen MR) is 74.8 cm³/mol. The molecule has 0 fully saturated rings. The lowest BCUT2D eigenvalue weighted by atomic mass is 10.2. The minimum absolute atomic E-state index is 0.204. The highest BCUT2D eigenvalue weighted by molar-refractivity contribution is 9.10. The molecule has 0 aromatic heterocycles. The highest BCUT2D eigenvalue weighted by Crippen LogP contribution is 2.15. The maximum absolute atomic E-state index is 11.8.